The van der Waals surface area contributed by atoms with Gasteiger partial charge in [0.1, 0.15) is 23.2 Å². The number of carbonyl (C=O) groups is 3. The Balaban J connectivity index is 1.85. The lowest BCUT2D eigenvalue weighted by Crippen LogP contribution is -2.48. The second-order valence-electron chi connectivity index (χ2n) is 10.4. The van der Waals surface area contributed by atoms with Gasteiger partial charge in [0.2, 0.25) is 11.8 Å². The molecule has 2 aromatic rings. The Morgan fingerprint density at radius 2 is 1.98 bits per heavy atom. The minimum atomic E-state index is -4.46. The first kappa shape index (κ1) is 31.7. The van der Waals surface area contributed by atoms with Crippen molar-refractivity contribution in [2.24, 2.45) is 5.92 Å². The van der Waals surface area contributed by atoms with E-state index in [9.17, 15) is 32.7 Å². The number of benzene rings is 1. The van der Waals surface area contributed by atoms with Crippen molar-refractivity contribution >= 4 is 29.2 Å². The van der Waals surface area contributed by atoms with E-state index < -0.39 is 43.1 Å². The number of nitrogens with zero attached hydrogens (tertiary/aromatic N) is 3. The van der Waals surface area contributed by atoms with Gasteiger partial charge in [-0.3, -0.25) is 9.59 Å². The molecule has 41 heavy (non-hydrogen) atoms. The van der Waals surface area contributed by atoms with Gasteiger partial charge in [-0.25, -0.2) is 4.79 Å². The molecule has 11 nitrogen and oxygen atoms in total. The molecule has 0 radical (unpaired) electrons. The molecule has 0 saturated carbocycles. The third kappa shape index (κ3) is 8.59. The van der Waals surface area contributed by atoms with Gasteiger partial charge in [0.05, 0.1) is 32.0 Å². The van der Waals surface area contributed by atoms with Crippen molar-refractivity contribution in [3.8, 4) is 5.75 Å². The Morgan fingerprint density at radius 3 is 2.59 bits per heavy atom. The summed E-state index contributed by atoms with van der Waals surface area (Å²) in [4.78, 5) is 41.3. The monoisotopic (exact) mass is 583 g/mol. The summed E-state index contributed by atoms with van der Waals surface area (Å²) in [6, 6.07) is 3.58. The van der Waals surface area contributed by atoms with Crippen LogP contribution in [0.4, 0.5) is 29.3 Å². The molecule has 226 valence electrons. The normalized spacial score (nSPS) is 18.4. The number of anilines is 2. The maximum Gasteiger partial charge on any atom is 0.389 e. The highest BCUT2D eigenvalue weighted by Crippen LogP contribution is 2.30. The fourth-order valence-electron chi connectivity index (χ4n) is 4.42. The number of hydrogen-bond acceptors (Lipinski definition) is 7. The van der Waals surface area contributed by atoms with Crippen LogP contribution in [0.5, 0.6) is 5.75 Å². The molecule has 14 heteroatoms. The highest BCUT2D eigenvalue weighted by Gasteiger charge is 2.32. The van der Waals surface area contributed by atoms with Crippen LogP contribution < -0.4 is 15.4 Å². The highest BCUT2D eigenvalue weighted by atomic mass is 19.4. The Hall–Kier alpha value is -3.81. The van der Waals surface area contributed by atoms with Gasteiger partial charge in [0.25, 0.3) is 0 Å². The summed E-state index contributed by atoms with van der Waals surface area (Å²) in [6.45, 7) is 7.05. The lowest BCUT2D eigenvalue weighted by molar-refractivity contribution is -0.142. The third-order valence-corrected chi connectivity index (χ3v) is 6.90. The number of nitrogens with one attached hydrogen (secondary N) is 2. The number of amides is 4. The first-order chi connectivity index (χ1) is 19.2. The largest absolute Gasteiger partial charge is 0.488 e. The molecule has 2 heterocycles. The van der Waals surface area contributed by atoms with Crippen LogP contribution in [0.1, 0.15) is 43.7 Å². The number of rotatable bonds is 8. The van der Waals surface area contributed by atoms with Gasteiger partial charge in [-0.2, -0.15) is 13.2 Å². The number of halogens is 3. The predicted molar refractivity (Wildman–Crippen MR) is 144 cm³/mol. The van der Waals surface area contributed by atoms with Crippen molar-refractivity contribution < 1.29 is 41.9 Å². The number of carbonyl (C=O) groups excluding carboxylic acids is 3. The van der Waals surface area contributed by atoms with E-state index in [4.69, 9.17) is 9.26 Å². The zero-order valence-corrected chi connectivity index (χ0v) is 23.7. The molecule has 0 spiro atoms. The molecule has 0 fully saturated rings. The van der Waals surface area contributed by atoms with Gasteiger partial charge in [0.15, 0.2) is 5.76 Å². The van der Waals surface area contributed by atoms with E-state index >= 15 is 0 Å². The Morgan fingerprint density at radius 1 is 1.27 bits per heavy atom. The summed E-state index contributed by atoms with van der Waals surface area (Å²) in [6.07, 6.45) is -7.18. The average Bonchev–Trinajstić information content (AvgIpc) is 3.23. The number of hydrogen-bond donors (Lipinski definition) is 3. The highest BCUT2D eigenvalue weighted by molar-refractivity contribution is 5.91. The van der Waals surface area contributed by atoms with Gasteiger partial charge in [-0.15, -0.1) is 0 Å². The van der Waals surface area contributed by atoms with Crippen molar-refractivity contribution in [2.75, 3.05) is 37.4 Å². The van der Waals surface area contributed by atoms with Gasteiger partial charge in [-0.1, -0.05) is 12.1 Å². The quantitative estimate of drug-likeness (QED) is 0.429. The molecule has 1 aliphatic heterocycles. The number of aliphatic hydroxyl groups excluding tert-OH is 1. The number of urea groups is 1. The van der Waals surface area contributed by atoms with Gasteiger partial charge >= 0.3 is 12.2 Å². The van der Waals surface area contributed by atoms with Crippen LogP contribution >= 0.6 is 0 Å². The lowest BCUT2D eigenvalue weighted by Gasteiger charge is -2.34. The predicted octanol–water partition coefficient (Wildman–Crippen LogP) is 3.89. The second kappa shape index (κ2) is 13.2. The van der Waals surface area contributed by atoms with Crippen LogP contribution in [0.3, 0.4) is 0 Å². The standard InChI is InChI=1S/C27H36F3N5O6/c1-15-12-35(16(2)14-36)24(38)11-19-10-20(31-23(37)8-9-27(28,29)30)6-7-21(19)40-22(15)13-34(5)26(39)32-25-17(3)33-41-18(25)4/h6-7,10,15-16,22,36H,8-9,11-14H2,1-5H3,(H,31,37)(H,32,39)/t15-,16+,22+/m1/s1. The fourth-order valence-corrected chi connectivity index (χ4v) is 4.42. The summed E-state index contributed by atoms with van der Waals surface area (Å²) in [5.41, 5.74) is 1.61. The zero-order valence-electron chi connectivity index (χ0n) is 23.7. The third-order valence-electron chi connectivity index (χ3n) is 6.90. The molecule has 1 aromatic carbocycles. The maximum absolute atomic E-state index is 13.3. The van der Waals surface area contributed by atoms with Crippen LogP contribution in [0.2, 0.25) is 0 Å². The Bertz CT molecular complexity index is 1230. The van der Waals surface area contributed by atoms with Crippen LogP contribution in [-0.4, -0.2) is 83.0 Å². The zero-order chi connectivity index (χ0) is 30.5. The van der Waals surface area contributed by atoms with E-state index in [1.54, 1.807) is 27.8 Å². The molecule has 0 unspecified atom stereocenters. The number of aryl methyl sites for hydroxylation is 2. The van der Waals surface area contributed by atoms with Gasteiger partial charge in [-0.05, 0) is 39.0 Å². The van der Waals surface area contributed by atoms with Crippen molar-refractivity contribution in [2.45, 2.75) is 65.3 Å². The van der Waals surface area contributed by atoms with E-state index in [1.165, 1.54) is 28.0 Å². The summed E-state index contributed by atoms with van der Waals surface area (Å²) < 4.78 is 49.0. The van der Waals surface area contributed by atoms with Crippen LogP contribution in [0.15, 0.2) is 22.7 Å². The summed E-state index contributed by atoms with van der Waals surface area (Å²) >= 11 is 0. The molecule has 3 rings (SSSR count). The Labute approximate surface area is 236 Å². The summed E-state index contributed by atoms with van der Waals surface area (Å²) in [7, 11) is 1.59. The van der Waals surface area contributed by atoms with Crippen LogP contribution in [0.25, 0.3) is 0 Å². The molecular formula is C27H36F3N5O6. The molecule has 3 atom stereocenters. The van der Waals surface area contributed by atoms with Gasteiger partial charge < -0.3 is 34.8 Å². The molecule has 4 amide bonds. The Kier molecular flexibility index (Phi) is 10.2. The summed E-state index contributed by atoms with van der Waals surface area (Å²) in [5, 5.41) is 18.8. The van der Waals surface area contributed by atoms with Crippen molar-refractivity contribution in [3.05, 3.63) is 35.2 Å². The van der Waals surface area contributed by atoms with Crippen molar-refractivity contribution in [3.63, 3.8) is 0 Å². The maximum atomic E-state index is 13.3. The van der Waals surface area contributed by atoms with E-state index in [1.807, 2.05) is 6.92 Å². The van der Waals surface area contributed by atoms with Crippen LogP contribution in [-0.2, 0) is 16.0 Å². The number of alkyl halides is 3. The second-order valence-corrected chi connectivity index (χ2v) is 10.4. The molecule has 3 N–H and O–H groups in total. The molecule has 0 aliphatic carbocycles. The van der Waals surface area contributed by atoms with Crippen LogP contribution in [0, 0.1) is 19.8 Å². The number of fused-ring (bicyclic) bond motifs is 1. The lowest BCUT2D eigenvalue weighted by atomic mass is 10.0. The molecular weight excluding hydrogens is 547 g/mol. The SMILES string of the molecule is Cc1noc(C)c1NC(=O)N(C)C[C@@H]1Oc2ccc(NC(=O)CCC(F)(F)F)cc2CC(=O)N([C@@H](C)CO)C[C@H]1C. The van der Waals surface area contributed by atoms with Gasteiger partial charge in [0, 0.05) is 37.2 Å². The average molecular weight is 584 g/mol. The molecule has 0 saturated heterocycles. The smallest absolute Gasteiger partial charge is 0.389 e. The topological polar surface area (TPSA) is 137 Å². The van der Waals surface area contributed by atoms with E-state index in [0.717, 1.165) is 0 Å². The first-order valence-corrected chi connectivity index (χ1v) is 13.2. The minimum Gasteiger partial charge on any atom is -0.488 e. The van der Waals surface area contributed by atoms with E-state index in [2.05, 4.69) is 15.8 Å². The minimum absolute atomic E-state index is 0.126. The fraction of sp³-hybridized carbons (Fsp3) is 0.556. The number of ether oxygens (including phenoxy) is 1. The van der Waals surface area contributed by atoms with E-state index in [-0.39, 0.29) is 43.6 Å². The first-order valence-electron chi connectivity index (χ1n) is 13.2. The van der Waals surface area contributed by atoms with Crippen molar-refractivity contribution in [1.29, 1.82) is 0 Å². The molecule has 1 aromatic heterocycles. The molecule has 0 bridgehead atoms. The summed E-state index contributed by atoms with van der Waals surface area (Å²) in [5.74, 6) is -0.602. The number of aliphatic hydroxyl groups is 1. The van der Waals surface area contributed by atoms with E-state index in [0.29, 0.717) is 28.5 Å². The number of likely N-dealkylation sites (N-methyl/N-ethyl adjacent to an activating group) is 1. The molecule has 1 aliphatic rings. The van der Waals surface area contributed by atoms with Crippen molar-refractivity contribution in [1.82, 2.24) is 15.0 Å². The number of aromatic nitrogens is 1.